The van der Waals surface area contributed by atoms with E-state index in [2.05, 4.69) is 31.9 Å². The minimum absolute atomic E-state index is 0.0247. The normalized spacial score (nSPS) is 17.4. The molecule has 0 radical (unpaired) electrons. The molecule has 0 spiro atoms. The summed E-state index contributed by atoms with van der Waals surface area (Å²) in [5.74, 6) is 0.0247. The van der Waals surface area contributed by atoms with Crippen molar-refractivity contribution in [3.8, 4) is 0 Å². The highest BCUT2D eigenvalue weighted by atomic mass is 35.5. The fraction of sp³-hybridized carbons (Fsp3) is 0.421. The Morgan fingerprint density at radius 3 is 2.72 bits per heavy atom. The summed E-state index contributed by atoms with van der Waals surface area (Å²) in [7, 11) is 0. The molecule has 25 heavy (non-hydrogen) atoms. The molecule has 1 saturated heterocycles. The van der Waals surface area contributed by atoms with Crippen molar-refractivity contribution < 1.29 is 4.79 Å². The van der Waals surface area contributed by atoms with Crippen molar-refractivity contribution in [3.63, 3.8) is 0 Å². The van der Waals surface area contributed by atoms with Gasteiger partial charge in [-0.05, 0) is 53.9 Å². The summed E-state index contributed by atoms with van der Waals surface area (Å²) in [6, 6.07) is 7.62. The fourth-order valence-electron chi connectivity index (χ4n) is 3.10. The van der Waals surface area contributed by atoms with Crippen molar-refractivity contribution in [2.24, 2.45) is 0 Å². The molecule has 1 amide bonds. The molecular formula is C19H24ClN3OS. The number of piperazine rings is 1. The fourth-order valence-corrected chi connectivity index (χ4v) is 3.93. The molecule has 1 aliphatic rings. The number of halogens is 1. The first-order chi connectivity index (χ1) is 12.0. The second-order valence-electron chi connectivity index (χ2n) is 6.52. The summed E-state index contributed by atoms with van der Waals surface area (Å²) in [6.07, 6.45) is 0. The van der Waals surface area contributed by atoms with Gasteiger partial charge >= 0.3 is 0 Å². The van der Waals surface area contributed by atoms with E-state index in [1.165, 1.54) is 5.56 Å². The molecule has 0 saturated carbocycles. The number of benzene rings is 1. The average molecular weight is 378 g/mol. The number of carbonyl (C=O) groups is 1. The van der Waals surface area contributed by atoms with E-state index >= 15 is 0 Å². The lowest BCUT2D eigenvalue weighted by atomic mass is 10.1. The molecule has 1 fully saturated rings. The second-order valence-corrected chi connectivity index (χ2v) is 7.71. The Kier molecular flexibility index (Phi) is 6.12. The number of nitrogens with one attached hydrogen (secondary N) is 1. The number of carbonyl (C=O) groups excluding carboxylic acids is 1. The Balaban J connectivity index is 1.52. The third-order valence-corrected chi connectivity index (χ3v) is 5.99. The Morgan fingerprint density at radius 1 is 1.28 bits per heavy atom. The SMILES string of the molecule is Cc1c(Cl)cccc1NC(=O)C(C)N1CCN(Cc2ccsc2)CC1. The van der Waals surface area contributed by atoms with Crippen LogP contribution in [0.25, 0.3) is 0 Å². The lowest BCUT2D eigenvalue weighted by Gasteiger charge is -2.37. The summed E-state index contributed by atoms with van der Waals surface area (Å²) >= 11 is 7.87. The highest BCUT2D eigenvalue weighted by Crippen LogP contribution is 2.23. The standard InChI is InChI=1S/C19H24ClN3OS/c1-14-17(20)4-3-5-18(14)21-19(24)15(2)23-9-7-22(8-10-23)12-16-6-11-25-13-16/h3-6,11,13,15H,7-10,12H2,1-2H3,(H,21,24). The van der Waals surface area contributed by atoms with E-state index in [-0.39, 0.29) is 11.9 Å². The van der Waals surface area contributed by atoms with Crippen LogP contribution in [0.3, 0.4) is 0 Å². The van der Waals surface area contributed by atoms with Gasteiger partial charge in [-0.2, -0.15) is 11.3 Å². The Hall–Kier alpha value is -1.40. The summed E-state index contributed by atoms with van der Waals surface area (Å²) in [5.41, 5.74) is 3.08. The summed E-state index contributed by atoms with van der Waals surface area (Å²) in [5, 5.41) is 8.02. The monoisotopic (exact) mass is 377 g/mol. The molecule has 4 nitrogen and oxygen atoms in total. The zero-order valence-electron chi connectivity index (χ0n) is 14.7. The third-order valence-electron chi connectivity index (χ3n) is 4.85. The van der Waals surface area contributed by atoms with Gasteiger partial charge in [-0.3, -0.25) is 14.6 Å². The Bertz CT molecular complexity index is 711. The zero-order valence-corrected chi connectivity index (χ0v) is 16.2. The molecule has 1 aliphatic heterocycles. The lowest BCUT2D eigenvalue weighted by molar-refractivity contribution is -0.121. The number of anilines is 1. The predicted octanol–water partition coefficient (Wildman–Crippen LogP) is 3.85. The number of thiophene rings is 1. The highest BCUT2D eigenvalue weighted by Gasteiger charge is 2.26. The molecule has 134 valence electrons. The molecule has 2 aromatic rings. The maximum atomic E-state index is 12.6. The number of hydrogen-bond acceptors (Lipinski definition) is 4. The largest absolute Gasteiger partial charge is 0.324 e. The first-order valence-electron chi connectivity index (χ1n) is 8.58. The summed E-state index contributed by atoms with van der Waals surface area (Å²) < 4.78 is 0. The van der Waals surface area contributed by atoms with Crippen molar-refractivity contribution >= 4 is 34.5 Å². The van der Waals surface area contributed by atoms with Gasteiger partial charge in [0.05, 0.1) is 6.04 Å². The molecule has 3 rings (SSSR count). The van der Waals surface area contributed by atoms with E-state index in [1.807, 2.05) is 32.0 Å². The highest BCUT2D eigenvalue weighted by molar-refractivity contribution is 7.07. The van der Waals surface area contributed by atoms with Gasteiger partial charge in [0, 0.05) is 43.4 Å². The maximum Gasteiger partial charge on any atom is 0.241 e. The number of nitrogens with zero attached hydrogens (tertiary/aromatic N) is 2. The number of rotatable bonds is 5. The van der Waals surface area contributed by atoms with Crippen LogP contribution in [0.5, 0.6) is 0 Å². The van der Waals surface area contributed by atoms with Crippen LogP contribution in [-0.4, -0.2) is 47.9 Å². The Labute approximate surface area is 158 Å². The zero-order chi connectivity index (χ0) is 17.8. The molecule has 1 aromatic carbocycles. The van der Waals surface area contributed by atoms with Crippen LogP contribution in [-0.2, 0) is 11.3 Å². The molecular weight excluding hydrogens is 354 g/mol. The van der Waals surface area contributed by atoms with E-state index in [0.29, 0.717) is 5.02 Å². The van der Waals surface area contributed by atoms with Crippen molar-refractivity contribution in [1.82, 2.24) is 9.80 Å². The van der Waals surface area contributed by atoms with Crippen LogP contribution in [0.15, 0.2) is 35.0 Å². The van der Waals surface area contributed by atoms with Crippen molar-refractivity contribution in [1.29, 1.82) is 0 Å². The van der Waals surface area contributed by atoms with E-state index in [9.17, 15) is 4.79 Å². The van der Waals surface area contributed by atoms with Crippen molar-refractivity contribution in [2.45, 2.75) is 26.4 Å². The van der Waals surface area contributed by atoms with Gasteiger partial charge in [-0.25, -0.2) is 0 Å². The van der Waals surface area contributed by atoms with Gasteiger partial charge in [0.15, 0.2) is 0 Å². The first kappa shape index (κ1) is 18.4. The average Bonchev–Trinajstić information content (AvgIpc) is 3.12. The maximum absolute atomic E-state index is 12.6. The van der Waals surface area contributed by atoms with Crippen LogP contribution < -0.4 is 5.32 Å². The second kappa shape index (κ2) is 8.32. The van der Waals surface area contributed by atoms with Gasteiger partial charge in [0.25, 0.3) is 0 Å². The number of hydrogen-bond donors (Lipinski definition) is 1. The van der Waals surface area contributed by atoms with Crippen molar-refractivity contribution in [3.05, 3.63) is 51.2 Å². The van der Waals surface area contributed by atoms with Crippen LogP contribution >= 0.6 is 22.9 Å². The van der Waals surface area contributed by atoms with Gasteiger partial charge < -0.3 is 5.32 Å². The van der Waals surface area contributed by atoms with E-state index < -0.39 is 0 Å². The predicted molar refractivity (Wildman–Crippen MR) is 105 cm³/mol. The molecule has 6 heteroatoms. The van der Waals surface area contributed by atoms with Crippen LogP contribution in [0.4, 0.5) is 5.69 Å². The molecule has 1 aromatic heterocycles. The quantitative estimate of drug-likeness (QED) is 0.859. The van der Waals surface area contributed by atoms with Crippen LogP contribution in [0, 0.1) is 6.92 Å². The minimum atomic E-state index is -0.151. The summed E-state index contributed by atoms with van der Waals surface area (Å²) in [6.45, 7) is 8.70. The third kappa shape index (κ3) is 4.61. The van der Waals surface area contributed by atoms with Gasteiger partial charge in [0.1, 0.15) is 0 Å². The van der Waals surface area contributed by atoms with E-state index in [4.69, 9.17) is 11.6 Å². The van der Waals surface area contributed by atoms with Gasteiger partial charge in [0.2, 0.25) is 5.91 Å². The number of amides is 1. The van der Waals surface area contributed by atoms with E-state index in [0.717, 1.165) is 44.0 Å². The van der Waals surface area contributed by atoms with Crippen LogP contribution in [0.2, 0.25) is 5.02 Å². The van der Waals surface area contributed by atoms with Gasteiger partial charge in [-0.1, -0.05) is 17.7 Å². The topological polar surface area (TPSA) is 35.6 Å². The summed E-state index contributed by atoms with van der Waals surface area (Å²) in [4.78, 5) is 17.3. The van der Waals surface area contributed by atoms with Crippen molar-refractivity contribution in [2.75, 3.05) is 31.5 Å². The molecule has 0 aliphatic carbocycles. The lowest BCUT2D eigenvalue weighted by Crippen LogP contribution is -2.52. The first-order valence-corrected chi connectivity index (χ1v) is 9.90. The van der Waals surface area contributed by atoms with E-state index in [1.54, 1.807) is 11.3 Å². The van der Waals surface area contributed by atoms with Crippen LogP contribution in [0.1, 0.15) is 18.1 Å². The molecule has 2 heterocycles. The smallest absolute Gasteiger partial charge is 0.241 e. The molecule has 0 bridgehead atoms. The molecule has 1 atom stereocenters. The molecule has 1 unspecified atom stereocenters. The molecule has 1 N–H and O–H groups in total. The Morgan fingerprint density at radius 2 is 2.04 bits per heavy atom. The van der Waals surface area contributed by atoms with Gasteiger partial charge in [-0.15, -0.1) is 0 Å². The minimum Gasteiger partial charge on any atom is -0.324 e.